The maximum absolute atomic E-state index is 12.1. The third kappa shape index (κ3) is 3.95. The van der Waals surface area contributed by atoms with Crippen LogP contribution in [0.1, 0.15) is 11.4 Å². The topological polar surface area (TPSA) is 56.1 Å². The Morgan fingerprint density at radius 3 is 2.86 bits per heavy atom. The Bertz CT molecular complexity index is 647. The van der Waals surface area contributed by atoms with Gasteiger partial charge in [-0.15, -0.1) is 0 Å². The molecule has 1 amide bonds. The molecule has 0 bridgehead atoms. The van der Waals surface area contributed by atoms with E-state index in [-0.39, 0.29) is 12.5 Å². The molecule has 1 heterocycles. The van der Waals surface area contributed by atoms with Crippen LogP contribution in [0.4, 0.5) is 5.69 Å². The molecule has 0 aliphatic carbocycles. The van der Waals surface area contributed by atoms with Gasteiger partial charge in [-0.3, -0.25) is 9.48 Å². The minimum atomic E-state index is -0.143. The van der Waals surface area contributed by atoms with Crippen molar-refractivity contribution in [2.24, 2.45) is 0 Å². The fourth-order valence-corrected chi connectivity index (χ4v) is 2.01. The Morgan fingerprint density at radius 1 is 1.43 bits per heavy atom. The van der Waals surface area contributed by atoms with Gasteiger partial charge in [-0.25, -0.2) is 0 Å². The molecule has 5 nitrogen and oxygen atoms in total. The van der Waals surface area contributed by atoms with E-state index in [2.05, 4.69) is 17.0 Å². The molecule has 1 aromatic heterocycles. The number of carbonyl (C=O) groups excluding carboxylic acids is 1. The minimum absolute atomic E-state index is 0.143. The first-order valence-electron chi connectivity index (χ1n) is 6.74. The third-order valence-electron chi connectivity index (χ3n) is 2.91. The predicted octanol–water partition coefficient (Wildman–Crippen LogP) is 2.70. The summed E-state index contributed by atoms with van der Waals surface area (Å²) in [6.07, 6.45) is 1.66. The van der Waals surface area contributed by atoms with Gasteiger partial charge in [0.2, 0.25) is 5.91 Å². The molecular formula is C16H19N3O2. The lowest BCUT2D eigenvalue weighted by atomic mass is 10.3. The highest BCUT2D eigenvalue weighted by atomic mass is 16.5. The molecule has 0 aliphatic heterocycles. The number of nitrogens with one attached hydrogen (secondary N) is 1. The van der Waals surface area contributed by atoms with Crippen molar-refractivity contribution in [3.63, 3.8) is 0 Å². The van der Waals surface area contributed by atoms with Gasteiger partial charge >= 0.3 is 0 Å². The highest BCUT2D eigenvalue weighted by molar-refractivity contribution is 5.92. The quantitative estimate of drug-likeness (QED) is 0.830. The summed E-state index contributed by atoms with van der Waals surface area (Å²) in [6.45, 7) is 8.01. The van der Waals surface area contributed by atoms with Crippen molar-refractivity contribution in [2.75, 3.05) is 11.9 Å². The van der Waals surface area contributed by atoms with Crippen molar-refractivity contribution in [1.29, 1.82) is 0 Å². The Labute approximate surface area is 124 Å². The number of hydrogen-bond acceptors (Lipinski definition) is 3. The van der Waals surface area contributed by atoms with Gasteiger partial charge in [0, 0.05) is 5.69 Å². The van der Waals surface area contributed by atoms with Gasteiger partial charge in [0.1, 0.15) is 18.9 Å². The zero-order chi connectivity index (χ0) is 15.2. The molecule has 2 aromatic rings. The summed E-state index contributed by atoms with van der Waals surface area (Å²) in [5.74, 6) is 0.481. The summed E-state index contributed by atoms with van der Waals surface area (Å²) in [6, 6.07) is 9.25. The van der Waals surface area contributed by atoms with E-state index in [0.717, 1.165) is 11.4 Å². The van der Waals surface area contributed by atoms with Crippen molar-refractivity contribution in [3.8, 4) is 5.75 Å². The number of aryl methyl sites for hydroxylation is 2. The van der Waals surface area contributed by atoms with Gasteiger partial charge < -0.3 is 10.1 Å². The van der Waals surface area contributed by atoms with Crippen LogP contribution in [0.25, 0.3) is 0 Å². The number of rotatable bonds is 6. The first kappa shape index (κ1) is 14.8. The monoisotopic (exact) mass is 285 g/mol. The van der Waals surface area contributed by atoms with E-state index in [1.807, 2.05) is 38.1 Å². The van der Waals surface area contributed by atoms with Crippen molar-refractivity contribution >= 4 is 11.6 Å². The summed E-state index contributed by atoms with van der Waals surface area (Å²) >= 11 is 0. The van der Waals surface area contributed by atoms with Crippen molar-refractivity contribution in [2.45, 2.75) is 20.4 Å². The smallest absolute Gasteiger partial charge is 0.246 e. The number of nitrogens with zero attached hydrogens (tertiary/aromatic N) is 2. The van der Waals surface area contributed by atoms with Gasteiger partial charge in [0.15, 0.2) is 0 Å². The second-order valence-corrected chi connectivity index (χ2v) is 4.73. The van der Waals surface area contributed by atoms with E-state index >= 15 is 0 Å². The molecule has 0 atom stereocenters. The number of anilines is 1. The van der Waals surface area contributed by atoms with Crippen molar-refractivity contribution in [1.82, 2.24) is 9.78 Å². The van der Waals surface area contributed by atoms with Crippen molar-refractivity contribution < 1.29 is 9.53 Å². The Hall–Kier alpha value is -2.56. The van der Waals surface area contributed by atoms with E-state index in [0.29, 0.717) is 18.0 Å². The van der Waals surface area contributed by atoms with E-state index in [4.69, 9.17) is 4.74 Å². The van der Waals surface area contributed by atoms with Crippen LogP contribution in [-0.4, -0.2) is 22.3 Å². The number of amides is 1. The standard InChI is InChI=1S/C16H19N3O2/c1-4-9-21-15-8-6-5-7-14(15)17-16(20)11-19-13(3)10-12(2)18-19/h4-8,10H,1,9,11H2,2-3H3,(H,17,20). The molecule has 1 aromatic carbocycles. The molecule has 0 radical (unpaired) electrons. The summed E-state index contributed by atoms with van der Waals surface area (Å²) in [5, 5.41) is 7.12. The molecule has 0 aliphatic rings. The summed E-state index contributed by atoms with van der Waals surface area (Å²) in [4.78, 5) is 12.1. The third-order valence-corrected chi connectivity index (χ3v) is 2.91. The average molecular weight is 285 g/mol. The highest BCUT2D eigenvalue weighted by Crippen LogP contribution is 2.23. The zero-order valence-electron chi connectivity index (χ0n) is 12.3. The SMILES string of the molecule is C=CCOc1ccccc1NC(=O)Cn1nc(C)cc1C. The second kappa shape index (κ2) is 6.74. The molecule has 110 valence electrons. The molecule has 0 unspecified atom stereocenters. The van der Waals surface area contributed by atoms with Gasteiger partial charge in [-0.2, -0.15) is 5.10 Å². The number of aromatic nitrogens is 2. The highest BCUT2D eigenvalue weighted by Gasteiger charge is 2.10. The molecule has 0 saturated carbocycles. The fraction of sp³-hybridized carbons (Fsp3) is 0.250. The minimum Gasteiger partial charge on any atom is -0.487 e. The Balaban J connectivity index is 2.05. The lowest BCUT2D eigenvalue weighted by Gasteiger charge is -2.11. The van der Waals surface area contributed by atoms with Crippen LogP contribution >= 0.6 is 0 Å². The molecule has 5 heteroatoms. The van der Waals surface area contributed by atoms with Crippen LogP contribution < -0.4 is 10.1 Å². The van der Waals surface area contributed by atoms with Crippen LogP contribution in [0, 0.1) is 13.8 Å². The average Bonchev–Trinajstić information content (AvgIpc) is 2.75. The molecule has 0 fully saturated rings. The zero-order valence-corrected chi connectivity index (χ0v) is 12.3. The van der Waals surface area contributed by atoms with Crippen LogP contribution in [0.15, 0.2) is 43.0 Å². The molecule has 1 N–H and O–H groups in total. The van der Waals surface area contributed by atoms with Crippen LogP contribution in [0.5, 0.6) is 5.75 Å². The predicted molar refractivity (Wildman–Crippen MR) is 82.5 cm³/mol. The van der Waals surface area contributed by atoms with E-state index in [1.165, 1.54) is 0 Å². The maximum atomic E-state index is 12.1. The summed E-state index contributed by atoms with van der Waals surface area (Å²) in [7, 11) is 0. The lowest BCUT2D eigenvalue weighted by Crippen LogP contribution is -2.20. The van der Waals surface area contributed by atoms with E-state index in [1.54, 1.807) is 16.8 Å². The lowest BCUT2D eigenvalue weighted by molar-refractivity contribution is -0.116. The van der Waals surface area contributed by atoms with E-state index < -0.39 is 0 Å². The normalized spacial score (nSPS) is 10.2. The number of hydrogen-bond donors (Lipinski definition) is 1. The van der Waals surface area contributed by atoms with Crippen molar-refractivity contribution in [3.05, 3.63) is 54.4 Å². The van der Waals surface area contributed by atoms with Gasteiger partial charge in [-0.05, 0) is 32.0 Å². The van der Waals surface area contributed by atoms with Gasteiger partial charge in [0.25, 0.3) is 0 Å². The fourth-order valence-electron chi connectivity index (χ4n) is 2.01. The molecule has 21 heavy (non-hydrogen) atoms. The van der Waals surface area contributed by atoms with Crippen LogP contribution in [0.3, 0.4) is 0 Å². The van der Waals surface area contributed by atoms with Gasteiger partial charge in [-0.1, -0.05) is 24.8 Å². The van der Waals surface area contributed by atoms with Gasteiger partial charge in [0.05, 0.1) is 11.4 Å². The number of carbonyl (C=O) groups is 1. The maximum Gasteiger partial charge on any atom is 0.246 e. The molecule has 0 saturated heterocycles. The Morgan fingerprint density at radius 2 is 2.19 bits per heavy atom. The number of para-hydroxylation sites is 2. The summed E-state index contributed by atoms with van der Waals surface area (Å²) in [5.41, 5.74) is 2.50. The Kier molecular flexibility index (Phi) is 4.77. The first-order valence-corrected chi connectivity index (χ1v) is 6.74. The largest absolute Gasteiger partial charge is 0.487 e. The molecular weight excluding hydrogens is 266 g/mol. The number of benzene rings is 1. The van der Waals surface area contributed by atoms with Crippen LogP contribution in [0.2, 0.25) is 0 Å². The molecule has 0 spiro atoms. The number of ether oxygens (including phenoxy) is 1. The summed E-state index contributed by atoms with van der Waals surface area (Å²) < 4.78 is 7.19. The van der Waals surface area contributed by atoms with E-state index in [9.17, 15) is 4.79 Å². The second-order valence-electron chi connectivity index (χ2n) is 4.73. The first-order chi connectivity index (χ1) is 10.1. The van der Waals surface area contributed by atoms with Crippen LogP contribution in [-0.2, 0) is 11.3 Å². The molecule has 2 rings (SSSR count).